The highest BCUT2D eigenvalue weighted by Gasteiger charge is 2.47. The van der Waals surface area contributed by atoms with Gasteiger partial charge in [0.2, 0.25) is 5.91 Å². The number of carbonyl (C=O) groups is 2. The molecular formula is C21H28N2O4. The molecule has 0 radical (unpaired) electrons. The summed E-state index contributed by atoms with van der Waals surface area (Å²) in [7, 11) is 0. The van der Waals surface area contributed by atoms with Crippen LogP contribution < -0.4 is 0 Å². The Balaban J connectivity index is 1.72. The molecule has 1 fully saturated rings. The summed E-state index contributed by atoms with van der Waals surface area (Å²) in [6.45, 7) is 6.81. The van der Waals surface area contributed by atoms with Crippen LogP contribution in [0.1, 0.15) is 50.7 Å². The predicted molar refractivity (Wildman–Crippen MR) is 102 cm³/mol. The Morgan fingerprint density at radius 2 is 2.07 bits per heavy atom. The van der Waals surface area contributed by atoms with Gasteiger partial charge in [-0.15, -0.1) is 0 Å². The van der Waals surface area contributed by atoms with Gasteiger partial charge in [-0.3, -0.25) is 9.59 Å². The van der Waals surface area contributed by atoms with E-state index in [0.717, 1.165) is 17.7 Å². The second kappa shape index (κ2) is 8.11. The minimum absolute atomic E-state index is 0.00712. The van der Waals surface area contributed by atoms with Crippen LogP contribution in [0.4, 0.5) is 0 Å². The van der Waals surface area contributed by atoms with Gasteiger partial charge in [0.1, 0.15) is 6.10 Å². The largest absolute Gasteiger partial charge is 0.466 e. The maximum Gasteiger partial charge on any atom is 0.314 e. The van der Waals surface area contributed by atoms with Crippen molar-refractivity contribution < 1.29 is 19.2 Å². The molecule has 0 N–H and O–H groups in total. The first kappa shape index (κ1) is 19.4. The van der Waals surface area contributed by atoms with Gasteiger partial charge in [0, 0.05) is 32.9 Å². The molecule has 6 heteroatoms. The molecule has 2 aliphatic rings. The first-order chi connectivity index (χ1) is 12.9. The van der Waals surface area contributed by atoms with E-state index in [1.165, 1.54) is 5.56 Å². The summed E-state index contributed by atoms with van der Waals surface area (Å²) in [5, 5.41) is 4.26. The lowest BCUT2D eigenvalue weighted by atomic mass is 9.74. The zero-order valence-electron chi connectivity index (χ0n) is 16.4. The Kier molecular flexibility index (Phi) is 5.82. The first-order valence-corrected chi connectivity index (χ1v) is 9.66. The maximum absolute atomic E-state index is 12.8. The number of amides is 1. The van der Waals surface area contributed by atoms with E-state index in [1.807, 2.05) is 26.0 Å². The molecule has 2 atom stereocenters. The van der Waals surface area contributed by atoms with E-state index in [-0.39, 0.29) is 18.0 Å². The lowest BCUT2D eigenvalue weighted by molar-refractivity contribution is -0.163. The Bertz CT molecular complexity index is 728. The molecule has 0 aromatic heterocycles. The topological polar surface area (TPSA) is 68.2 Å². The highest BCUT2D eigenvalue weighted by Crippen LogP contribution is 2.39. The number of hydrogen-bond acceptors (Lipinski definition) is 5. The maximum atomic E-state index is 12.8. The van der Waals surface area contributed by atoms with Gasteiger partial charge in [-0.2, -0.15) is 0 Å². The van der Waals surface area contributed by atoms with Crippen LogP contribution in [0.2, 0.25) is 0 Å². The van der Waals surface area contributed by atoms with E-state index in [4.69, 9.17) is 9.57 Å². The van der Waals surface area contributed by atoms with Crippen LogP contribution >= 0.6 is 0 Å². The highest BCUT2D eigenvalue weighted by molar-refractivity contribution is 6.01. The summed E-state index contributed by atoms with van der Waals surface area (Å²) in [4.78, 5) is 32.1. The zero-order valence-corrected chi connectivity index (χ0v) is 16.4. The number of aryl methyl sites for hydroxylation is 1. The van der Waals surface area contributed by atoms with E-state index in [2.05, 4.69) is 17.3 Å². The third-order valence-electron chi connectivity index (χ3n) is 5.47. The summed E-state index contributed by atoms with van der Waals surface area (Å²) in [6, 6.07) is 8.19. The summed E-state index contributed by atoms with van der Waals surface area (Å²) < 4.78 is 5.38. The van der Waals surface area contributed by atoms with Crippen LogP contribution in [-0.2, 0) is 19.2 Å². The van der Waals surface area contributed by atoms with Gasteiger partial charge in [-0.05, 0) is 32.3 Å². The SMILES string of the molecule is CCOC(=O)[C@@]1(C[C@H]2CC(c3ccc(C)cc3)=NO2)CCCN(C(C)=O)C1. The molecule has 3 rings (SSSR count). The standard InChI is InChI=1S/C21H28N2O4/c1-4-26-20(25)21(10-5-11-23(14-21)16(3)24)13-18-12-19(22-27-18)17-8-6-15(2)7-9-17/h6-9,18H,4-5,10-14H2,1-3H3/t18-,21-/m1/s1. The van der Waals surface area contributed by atoms with Crippen molar-refractivity contribution in [3.8, 4) is 0 Å². The van der Waals surface area contributed by atoms with Crippen molar-refractivity contribution in [2.24, 2.45) is 10.6 Å². The van der Waals surface area contributed by atoms with Crippen LogP contribution in [0.15, 0.2) is 29.4 Å². The summed E-state index contributed by atoms with van der Waals surface area (Å²) in [5.74, 6) is -0.240. The van der Waals surface area contributed by atoms with E-state index in [1.54, 1.807) is 11.8 Å². The Hall–Kier alpha value is -2.37. The van der Waals surface area contributed by atoms with Gasteiger partial charge < -0.3 is 14.5 Å². The van der Waals surface area contributed by atoms with E-state index in [0.29, 0.717) is 39.0 Å². The molecule has 1 amide bonds. The number of benzene rings is 1. The molecule has 1 saturated heterocycles. The molecule has 2 heterocycles. The van der Waals surface area contributed by atoms with E-state index < -0.39 is 5.41 Å². The molecule has 6 nitrogen and oxygen atoms in total. The lowest BCUT2D eigenvalue weighted by Crippen LogP contribution is -2.51. The third kappa shape index (κ3) is 4.31. The number of oxime groups is 1. The summed E-state index contributed by atoms with van der Waals surface area (Å²) in [6.07, 6.45) is 2.47. The molecule has 0 saturated carbocycles. The fourth-order valence-electron chi connectivity index (χ4n) is 3.99. The number of ether oxygens (including phenoxy) is 1. The molecule has 1 aromatic carbocycles. The van der Waals surface area contributed by atoms with Crippen molar-refractivity contribution in [2.45, 2.75) is 52.6 Å². The van der Waals surface area contributed by atoms with Gasteiger partial charge in [0.25, 0.3) is 0 Å². The molecule has 27 heavy (non-hydrogen) atoms. The lowest BCUT2D eigenvalue weighted by Gasteiger charge is -2.41. The second-order valence-electron chi connectivity index (χ2n) is 7.58. The van der Waals surface area contributed by atoms with Crippen molar-refractivity contribution in [3.05, 3.63) is 35.4 Å². The van der Waals surface area contributed by atoms with Crippen LogP contribution in [0.3, 0.4) is 0 Å². The average Bonchev–Trinajstić information content (AvgIpc) is 3.11. The average molecular weight is 372 g/mol. The number of piperidine rings is 1. The Morgan fingerprint density at radius 3 is 2.74 bits per heavy atom. The predicted octanol–water partition coefficient (Wildman–Crippen LogP) is 3.07. The Labute approximate surface area is 160 Å². The fraction of sp³-hybridized carbons (Fsp3) is 0.571. The number of likely N-dealkylation sites (tertiary alicyclic amines) is 1. The minimum atomic E-state index is -0.719. The van der Waals surface area contributed by atoms with Crippen molar-refractivity contribution >= 4 is 17.6 Å². The van der Waals surface area contributed by atoms with Crippen LogP contribution in [0, 0.1) is 12.3 Å². The third-order valence-corrected chi connectivity index (χ3v) is 5.47. The molecule has 0 bridgehead atoms. The van der Waals surface area contributed by atoms with Gasteiger partial charge in [-0.1, -0.05) is 35.0 Å². The quantitative estimate of drug-likeness (QED) is 0.745. The minimum Gasteiger partial charge on any atom is -0.466 e. The van der Waals surface area contributed by atoms with Gasteiger partial charge in [0.05, 0.1) is 17.7 Å². The normalized spacial score (nSPS) is 24.9. The van der Waals surface area contributed by atoms with Gasteiger partial charge in [-0.25, -0.2) is 0 Å². The number of nitrogens with zero attached hydrogens (tertiary/aromatic N) is 2. The summed E-state index contributed by atoms with van der Waals surface area (Å²) >= 11 is 0. The summed E-state index contributed by atoms with van der Waals surface area (Å²) in [5.41, 5.74) is 2.42. The van der Waals surface area contributed by atoms with E-state index in [9.17, 15) is 9.59 Å². The van der Waals surface area contributed by atoms with E-state index >= 15 is 0 Å². The number of hydrogen-bond donors (Lipinski definition) is 0. The molecule has 146 valence electrons. The number of rotatable bonds is 5. The first-order valence-electron chi connectivity index (χ1n) is 9.66. The van der Waals surface area contributed by atoms with Crippen LogP contribution in [0.25, 0.3) is 0 Å². The molecule has 0 spiro atoms. The van der Waals surface area contributed by atoms with Crippen LogP contribution in [0.5, 0.6) is 0 Å². The molecule has 1 aromatic rings. The zero-order chi connectivity index (χ0) is 19.4. The van der Waals surface area contributed by atoms with Crippen molar-refractivity contribution in [2.75, 3.05) is 19.7 Å². The number of esters is 1. The molecule has 0 aliphatic carbocycles. The van der Waals surface area contributed by atoms with Gasteiger partial charge in [0.15, 0.2) is 0 Å². The molecule has 2 aliphatic heterocycles. The Morgan fingerprint density at radius 1 is 1.33 bits per heavy atom. The van der Waals surface area contributed by atoms with Gasteiger partial charge >= 0.3 is 5.97 Å². The second-order valence-corrected chi connectivity index (χ2v) is 7.58. The van der Waals surface area contributed by atoms with Crippen molar-refractivity contribution in [1.82, 2.24) is 4.90 Å². The van der Waals surface area contributed by atoms with Crippen molar-refractivity contribution in [3.63, 3.8) is 0 Å². The van der Waals surface area contributed by atoms with Crippen molar-refractivity contribution in [1.29, 1.82) is 0 Å². The highest BCUT2D eigenvalue weighted by atomic mass is 16.6. The molecular weight excluding hydrogens is 344 g/mol. The molecule has 0 unspecified atom stereocenters. The smallest absolute Gasteiger partial charge is 0.314 e. The number of carbonyl (C=O) groups excluding carboxylic acids is 2. The van der Waals surface area contributed by atoms with Crippen LogP contribution in [-0.4, -0.2) is 48.3 Å². The monoisotopic (exact) mass is 372 g/mol. The fourth-order valence-corrected chi connectivity index (χ4v) is 3.99.